The molecule has 7 heteroatoms. The van der Waals surface area contributed by atoms with E-state index in [0.717, 1.165) is 31.5 Å². The predicted molar refractivity (Wildman–Crippen MR) is 91.3 cm³/mol. The third-order valence-electron chi connectivity index (χ3n) is 4.14. The molecule has 1 N–H and O–H groups in total. The normalized spacial score (nSPS) is 15.4. The summed E-state index contributed by atoms with van der Waals surface area (Å²) < 4.78 is 13.1. The van der Waals surface area contributed by atoms with E-state index in [1.807, 2.05) is 4.90 Å². The SMILES string of the molecule is CC(=O)N1CCC(Nc2ncc(Cl)c(-c3ccc(F)cc3)n2)CC1. The zero-order chi connectivity index (χ0) is 17.1. The van der Waals surface area contributed by atoms with E-state index in [9.17, 15) is 9.18 Å². The Balaban J connectivity index is 1.72. The van der Waals surface area contributed by atoms with Gasteiger partial charge < -0.3 is 10.2 Å². The van der Waals surface area contributed by atoms with Gasteiger partial charge in [-0.3, -0.25) is 4.79 Å². The molecule has 0 radical (unpaired) electrons. The van der Waals surface area contributed by atoms with Crippen LogP contribution in [0.5, 0.6) is 0 Å². The van der Waals surface area contributed by atoms with Crippen molar-refractivity contribution in [3.63, 3.8) is 0 Å². The maximum absolute atomic E-state index is 13.1. The van der Waals surface area contributed by atoms with Crippen molar-refractivity contribution in [1.29, 1.82) is 0 Å². The number of aromatic nitrogens is 2. The number of carbonyl (C=O) groups excluding carboxylic acids is 1. The first-order valence-electron chi connectivity index (χ1n) is 7.83. The average molecular weight is 349 g/mol. The lowest BCUT2D eigenvalue weighted by atomic mass is 10.1. The van der Waals surface area contributed by atoms with Crippen LogP contribution in [0.25, 0.3) is 11.3 Å². The van der Waals surface area contributed by atoms with E-state index in [2.05, 4.69) is 15.3 Å². The van der Waals surface area contributed by atoms with Gasteiger partial charge >= 0.3 is 0 Å². The van der Waals surface area contributed by atoms with E-state index in [1.165, 1.54) is 12.1 Å². The number of amides is 1. The number of halogens is 2. The van der Waals surface area contributed by atoms with Crippen LogP contribution < -0.4 is 5.32 Å². The molecule has 1 aromatic carbocycles. The molecule has 0 saturated carbocycles. The average Bonchev–Trinajstić information content (AvgIpc) is 2.58. The van der Waals surface area contributed by atoms with Crippen LogP contribution in [-0.4, -0.2) is 39.9 Å². The summed E-state index contributed by atoms with van der Waals surface area (Å²) in [6.45, 7) is 3.04. The smallest absolute Gasteiger partial charge is 0.223 e. The first-order valence-corrected chi connectivity index (χ1v) is 8.21. The topological polar surface area (TPSA) is 58.1 Å². The van der Waals surface area contributed by atoms with Crippen molar-refractivity contribution in [3.8, 4) is 11.3 Å². The lowest BCUT2D eigenvalue weighted by Crippen LogP contribution is -2.41. The second-order valence-corrected chi connectivity index (χ2v) is 6.23. The fourth-order valence-electron chi connectivity index (χ4n) is 2.77. The molecule has 24 heavy (non-hydrogen) atoms. The van der Waals surface area contributed by atoms with Gasteiger partial charge in [-0.05, 0) is 37.1 Å². The van der Waals surface area contributed by atoms with Crippen LogP contribution in [0, 0.1) is 5.82 Å². The van der Waals surface area contributed by atoms with Crippen LogP contribution in [-0.2, 0) is 4.79 Å². The van der Waals surface area contributed by atoms with Crippen LogP contribution in [0.1, 0.15) is 19.8 Å². The van der Waals surface area contributed by atoms with Crippen molar-refractivity contribution >= 4 is 23.5 Å². The Kier molecular flexibility index (Phi) is 4.94. The predicted octanol–water partition coefficient (Wildman–Crippen LogP) is 3.36. The number of benzene rings is 1. The van der Waals surface area contributed by atoms with Crippen molar-refractivity contribution < 1.29 is 9.18 Å². The third kappa shape index (κ3) is 3.82. The van der Waals surface area contributed by atoms with Gasteiger partial charge in [0.2, 0.25) is 11.9 Å². The van der Waals surface area contributed by atoms with E-state index in [0.29, 0.717) is 16.7 Å². The van der Waals surface area contributed by atoms with Gasteiger partial charge in [-0.25, -0.2) is 14.4 Å². The zero-order valence-corrected chi connectivity index (χ0v) is 14.1. The van der Waals surface area contributed by atoms with Crippen molar-refractivity contribution in [3.05, 3.63) is 41.3 Å². The highest BCUT2D eigenvalue weighted by molar-refractivity contribution is 6.32. The molecule has 2 aromatic rings. The highest BCUT2D eigenvalue weighted by Crippen LogP contribution is 2.27. The monoisotopic (exact) mass is 348 g/mol. The molecule has 1 aliphatic heterocycles. The molecular weight excluding hydrogens is 331 g/mol. The molecule has 2 heterocycles. The molecule has 0 unspecified atom stereocenters. The Labute approximate surface area is 144 Å². The van der Waals surface area contributed by atoms with Gasteiger partial charge in [0.15, 0.2) is 0 Å². The minimum Gasteiger partial charge on any atom is -0.351 e. The molecule has 3 rings (SSSR count). The van der Waals surface area contributed by atoms with E-state index in [1.54, 1.807) is 25.3 Å². The second kappa shape index (κ2) is 7.13. The first kappa shape index (κ1) is 16.6. The Morgan fingerprint density at radius 1 is 1.29 bits per heavy atom. The lowest BCUT2D eigenvalue weighted by molar-refractivity contribution is -0.129. The van der Waals surface area contributed by atoms with Crippen LogP contribution in [0.15, 0.2) is 30.5 Å². The molecule has 1 aromatic heterocycles. The number of hydrogen-bond acceptors (Lipinski definition) is 4. The highest BCUT2D eigenvalue weighted by Gasteiger charge is 2.21. The Bertz CT molecular complexity index is 730. The molecule has 0 spiro atoms. The van der Waals surface area contributed by atoms with Gasteiger partial charge in [-0.1, -0.05) is 11.6 Å². The maximum atomic E-state index is 13.1. The molecule has 0 atom stereocenters. The first-order chi connectivity index (χ1) is 11.5. The Morgan fingerprint density at radius 3 is 2.58 bits per heavy atom. The van der Waals surface area contributed by atoms with Crippen molar-refractivity contribution in [2.45, 2.75) is 25.8 Å². The second-order valence-electron chi connectivity index (χ2n) is 5.82. The molecule has 0 bridgehead atoms. The number of anilines is 1. The molecule has 1 saturated heterocycles. The van der Waals surface area contributed by atoms with Crippen LogP contribution in [0.3, 0.4) is 0 Å². The molecule has 5 nitrogen and oxygen atoms in total. The number of hydrogen-bond donors (Lipinski definition) is 1. The largest absolute Gasteiger partial charge is 0.351 e. The molecule has 1 aliphatic rings. The van der Waals surface area contributed by atoms with E-state index in [4.69, 9.17) is 11.6 Å². The number of rotatable bonds is 3. The van der Waals surface area contributed by atoms with Gasteiger partial charge in [0.1, 0.15) is 5.82 Å². The molecule has 1 fully saturated rings. The van der Waals surface area contributed by atoms with Gasteiger partial charge in [-0.2, -0.15) is 0 Å². The summed E-state index contributed by atoms with van der Waals surface area (Å²) in [5, 5.41) is 3.71. The minimum atomic E-state index is -0.306. The molecule has 126 valence electrons. The van der Waals surface area contributed by atoms with Gasteiger partial charge in [0.05, 0.1) is 16.9 Å². The number of nitrogens with zero attached hydrogens (tertiary/aromatic N) is 3. The minimum absolute atomic E-state index is 0.106. The Hall–Kier alpha value is -2.21. The van der Waals surface area contributed by atoms with Crippen LogP contribution >= 0.6 is 11.6 Å². The summed E-state index contributed by atoms with van der Waals surface area (Å²) in [5.41, 5.74) is 1.30. The summed E-state index contributed by atoms with van der Waals surface area (Å²) in [6.07, 6.45) is 3.23. The zero-order valence-electron chi connectivity index (χ0n) is 13.3. The standard InChI is InChI=1S/C17H18ClFN4O/c1-11(24)23-8-6-14(7-9-23)21-17-20-10-15(18)16(22-17)12-2-4-13(19)5-3-12/h2-5,10,14H,6-9H2,1H3,(H,20,21,22). The van der Waals surface area contributed by atoms with Crippen LogP contribution in [0.4, 0.5) is 10.3 Å². The van der Waals surface area contributed by atoms with Gasteiger partial charge in [0, 0.05) is 31.6 Å². The number of likely N-dealkylation sites (tertiary alicyclic amines) is 1. The lowest BCUT2D eigenvalue weighted by Gasteiger charge is -2.31. The molecular formula is C17H18ClFN4O. The molecule has 1 amide bonds. The fraction of sp³-hybridized carbons (Fsp3) is 0.353. The summed E-state index contributed by atoms with van der Waals surface area (Å²) in [6, 6.07) is 6.23. The van der Waals surface area contributed by atoms with Crippen molar-refractivity contribution in [2.75, 3.05) is 18.4 Å². The number of nitrogens with one attached hydrogen (secondary N) is 1. The van der Waals surface area contributed by atoms with Gasteiger partial charge in [-0.15, -0.1) is 0 Å². The van der Waals surface area contributed by atoms with E-state index < -0.39 is 0 Å². The third-order valence-corrected chi connectivity index (χ3v) is 4.41. The summed E-state index contributed by atoms with van der Waals surface area (Å²) in [5.74, 6) is 0.286. The van der Waals surface area contributed by atoms with Crippen molar-refractivity contribution in [2.24, 2.45) is 0 Å². The van der Waals surface area contributed by atoms with E-state index >= 15 is 0 Å². The van der Waals surface area contributed by atoms with E-state index in [-0.39, 0.29) is 17.8 Å². The number of piperidine rings is 1. The van der Waals surface area contributed by atoms with Crippen molar-refractivity contribution in [1.82, 2.24) is 14.9 Å². The summed E-state index contributed by atoms with van der Waals surface area (Å²) in [4.78, 5) is 21.9. The molecule has 0 aliphatic carbocycles. The fourth-order valence-corrected chi connectivity index (χ4v) is 2.97. The summed E-state index contributed by atoms with van der Waals surface area (Å²) >= 11 is 6.18. The highest BCUT2D eigenvalue weighted by atomic mass is 35.5. The number of carbonyl (C=O) groups is 1. The summed E-state index contributed by atoms with van der Waals surface area (Å²) in [7, 11) is 0. The Morgan fingerprint density at radius 2 is 1.96 bits per heavy atom. The van der Waals surface area contributed by atoms with Gasteiger partial charge in [0.25, 0.3) is 0 Å². The maximum Gasteiger partial charge on any atom is 0.223 e. The van der Waals surface area contributed by atoms with Crippen LogP contribution in [0.2, 0.25) is 5.02 Å². The quantitative estimate of drug-likeness (QED) is 0.924.